The van der Waals surface area contributed by atoms with Gasteiger partial charge in [0.15, 0.2) is 0 Å². The molecular weight excluding hydrogens is 190 g/mol. The Morgan fingerprint density at radius 3 is 2.60 bits per heavy atom. The van der Waals surface area contributed by atoms with Crippen molar-refractivity contribution in [3.8, 4) is 11.5 Å². The van der Waals surface area contributed by atoms with Crippen LogP contribution in [0, 0.1) is 0 Å². The third-order valence-electron chi connectivity index (χ3n) is 2.41. The molecule has 0 fully saturated rings. The third-order valence-corrected chi connectivity index (χ3v) is 2.41. The molecule has 0 aliphatic heterocycles. The number of hydrogen-bond acceptors (Lipinski definition) is 3. The van der Waals surface area contributed by atoms with Gasteiger partial charge in [-0.15, -0.1) is 0 Å². The molecule has 2 rings (SSSR count). The van der Waals surface area contributed by atoms with Crippen molar-refractivity contribution in [2.75, 3.05) is 6.54 Å². The lowest BCUT2D eigenvalue weighted by Crippen LogP contribution is -2.02. The molecule has 0 radical (unpaired) electrons. The molecule has 0 amide bonds. The summed E-state index contributed by atoms with van der Waals surface area (Å²) in [5.74, 6) is 0.176. The van der Waals surface area contributed by atoms with E-state index in [2.05, 4.69) is 0 Å². The van der Waals surface area contributed by atoms with Crippen molar-refractivity contribution in [1.29, 1.82) is 0 Å². The zero-order valence-corrected chi connectivity index (χ0v) is 8.27. The van der Waals surface area contributed by atoms with Gasteiger partial charge < -0.3 is 15.9 Å². The van der Waals surface area contributed by atoms with Crippen LogP contribution in [0.5, 0.6) is 11.5 Å². The maximum absolute atomic E-state index is 9.65. The van der Waals surface area contributed by atoms with Gasteiger partial charge >= 0.3 is 0 Å². The van der Waals surface area contributed by atoms with Gasteiger partial charge in [-0.25, -0.2) is 0 Å². The van der Waals surface area contributed by atoms with Crippen molar-refractivity contribution in [2.24, 2.45) is 5.73 Å². The van der Waals surface area contributed by atoms with E-state index >= 15 is 0 Å². The van der Waals surface area contributed by atoms with Gasteiger partial charge in [0.2, 0.25) is 0 Å². The normalized spacial score (nSPS) is 10.7. The van der Waals surface area contributed by atoms with Crippen molar-refractivity contribution < 1.29 is 10.2 Å². The highest BCUT2D eigenvalue weighted by Gasteiger charge is 2.03. The number of fused-ring (bicyclic) bond motifs is 1. The van der Waals surface area contributed by atoms with Gasteiger partial charge in [-0.3, -0.25) is 0 Å². The van der Waals surface area contributed by atoms with Crippen molar-refractivity contribution in [2.45, 2.75) is 6.42 Å². The third kappa shape index (κ3) is 1.87. The first-order valence-corrected chi connectivity index (χ1v) is 4.85. The summed E-state index contributed by atoms with van der Waals surface area (Å²) in [6.45, 7) is 0.588. The van der Waals surface area contributed by atoms with Crippen LogP contribution >= 0.6 is 0 Å². The molecule has 0 bridgehead atoms. The minimum Gasteiger partial charge on any atom is -0.508 e. The molecule has 78 valence electrons. The first kappa shape index (κ1) is 9.80. The lowest BCUT2D eigenvalue weighted by molar-refractivity contribution is 0.455. The van der Waals surface area contributed by atoms with E-state index in [0.717, 1.165) is 22.8 Å². The first-order valence-electron chi connectivity index (χ1n) is 4.85. The van der Waals surface area contributed by atoms with Crippen molar-refractivity contribution in [1.82, 2.24) is 0 Å². The topological polar surface area (TPSA) is 66.5 Å². The zero-order valence-electron chi connectivity index (χ0n) is 8.27. The summed E-state index contributed by atoms with van der Waals surface area (Å²) >= 11 is 0. The maximum Gasteiger partial charge on any atom is 0.127 e. The predicted molar refractivity (Wildman–Crippen MR) is 60.0 cm³/mol. The standard InChI is InChI=1S/C12H13NO2/c13-4-3-8-1-2-9-6-10(14)7-12(15)11(9)5-8/h1-2,5-7,14-15H,3-4,13H2. The quantitative estimate of drug-likeness (QED) is 0.696. The van der Waals surface area contributed by atoms with Crippen molar-refractivity contribution in [3.05, 3.63) is 35.9 Å². The second kappa shape index (κ2) is 3.79. The highest BCUT2D eigenvalue weighted by atomic mass is 16.3. The molecule has 0 aliphatic carbocycles. The Kier molecular flexibility index (Phi) is 2.47. The maximum atomic E-state index is 9.65. The number of phenolic OH excluding ortho intramolecular Hbond substituents is 2. The van der Waals surface area contributed by atoms with E-state index in [1.807, 2.05) is 18.2 Å². The lowest BCUT2D eigenvalue weighted by atomic mass is 10.0. The summed E-state index contributed by atoms with van der Waals surface area (Å²) in [5, 5.41) is 20.5. The van der Waals surface area contributed by atoms with E-state index < -0.39 is 0 Å². The molecule has 0 heterocycles. The van der Waals surface area contributed by atoms with Gasteiger partial charge in [-0.2, -0.15) is 0 Å². The van der Waals surface area contributed by atoms with Crippen LogP contribution in [0.3, 0.4) is 0 Å². The van der Waals surface area contributed by atoms with Gasteiger partial charge in [0, 0.05) is 11.5 Å². The molecule has 0 spiro atoms. The average Bonchev–Trinajstić information content (AvgIpc) is 2.19. The highest BCUT2D eigenvalue weighted by molar-refractivity contribution is 5.90. The molecule has 0 unspecified atom stereocenters. The molecule has 0 aromatic heterocycles. The van der Waals surface area contributed by atoms with Crippen LogP contribution < -0.4 is 5.73 Å². The number of nitrogens with two attached hydrogens (primary N) is 1. The molecule has 0 aliphatic rings. The smallest absolute Gasteiger partial charge is 0.127 e. The molecule has 4 N–H and O–H groups in total. The average molecular weight is 203 g/mol. The second-order valence-electron chi connectivity index (χ2n) is 3.56. The Labute approximate surface area is 87.8 Å². The van der Waals surface area contributed by atoms with Crippen LogP contribution in [0.25, 0.3) is 10.8 Å². The Morgan fingerprint density at radius 2 is 1.87 bits per heavy atom. The van der Waals surface area contributed by atoms with Crippen molar-refractivity contribution in [3.63, 3.8) is 0 Å². The fourth-order valence-corrected chi connectivity index (χ4v) is 1.69. The summed E-state index contributed by atoms with van der Waals surface area (Å²) in [4.78, 5) is 0. The number of benzene rings is 2. The van der Waals surface area contributed by atoms with Crippen LogP contribution in [0.2, 0.25) is 0 Å². The van der Waals surface area contributed by atoms with Crippen LogP contribution in [-0.4, -0.2) is 16.8 Å². The van der Waals surface area contributed by atoms with Crippen molar-refractivity contribution >= 4 is 10.8 Å². The molecule has 2 aromatic carbocycles. The van der Waals surface area contributed by atoms with Crippen LogP contribution in [0.15, 0.2) is 30.3 Å². The van der Waals surface area contributed by atoms with E-state index in [9.17, 15) is 10.2 Å². The molecule has 2 aromatic rings. The van der Waals surface area contributed by atoms with Gasteiger partial charge in [0.05, 0.1) is 0 Å². The minimum atomic E-state index is 0.0755. The SMILES string of the molecule is NCCc1ccc2cc(O)cc(O)c2c1. The number of aromatic hydroxyl groups is 2. The zero-order chi connectivity index (χ0) is 10.8. The molecule has 15 heavy (non-hydrogen) atoms. The lowest BCUT2D eigenvalue weighted by Gasteiger charge is -2.05. The summed E-state index contributed by atoms with van der Waals surface area (Å²) in [7, 11) is 0. The van der Waals surface area contributed by atoms with E-state index in [1.165, 1.54) is 6.07 Å². The second-order valence-corrected chi connectivity index (χ2v) is 3.56. The Bertz CT molecular complexity index is 494. The van der Waals surface area contributed by atoms with Gasteiger partial charge in [-0.05, 0) is 36.0 Å². The largest absolute Gasteiger partial charge is 0.508 e. The first-order chi connectivity index (χ1) is 7.20. The highest BCUT2D eigenvalue weighted by Crippen LogP contribution is 2.30. The minimum absolute atomic E-state index is 0.0755. The number of phenols is 2. The van der Waals surface area contributed by atoms with Crippen LogP contribution in [0.1, 0.15) is 5.56 Å². The molecule has 0 saturated carbocycles. The Hall–Kier alpha value is -1.74. The van der Waals surface area contributed by atoms with Gasteiger partial charge in [0.1, 0.15) is 11.5 Å². The summed E-state index contributed by atoms with van der Waals surface area (Å²) in [6, 6.07) is 8.70. The van der Waals surface area contributed by atoms with Crippen LogP contribution in [-0.2, 0) is 6.42 Å². The summed E-state index contributed by atoms with van der Waals surface area (Å²) < 4.78 is 0. The van der Waals surface area contributed by atoms with Gasteiger partial charge in [0.25, 0.3) is 0 Å². The number of rotatable bonds is 2. The fraction of sp³-hybridized carbons (Fsp3) is 0.167. The van der Waals surface area contributed by atoms with E-state index in [-0.39, 0.29) is 11.5 Å². The Balaban J connectivity index is 2.60. The summed E-state index contributed by atoms with van der Waals surface area (Å²) in [5.41, 5.74) is 6.55. The number of hydrogen-bond donors (Lipinski definition) is 3. The molecule has 3 nitrogen and oxygen atoms in total. The van der Waals surface area contributed by atoms with E-state index in [0.29, 0.717) is 6.54 Å². The molecule has 0 atom stereocenters. The van der Waals surface area contributed by atoms with E-state index in [1.54, 1.807) is 6.07 Å². The molecule has 3 heteroatoms. The molecule has 0 saturated heterocycles. The molecular formula is C12H13NO2. The predicted octanol–water partition coefficient (Wildman–Crippen LogP) is 1.75. The monoisotopic (exact) mass is 203 g/mol. The fourth-order valence-electron chi connectivity index (χ4n) is 1.69. The van der Waals surface area contributed by atoms with Crippen LogP contribution in [0.4, 0.5) is 0 Å². The van der Waals surface area contributed by atoms with Gasteiger partial charge in [-0.1, -0.05) is 12.1 Å². The Morgan fingerprint density at radius 1 is 1.07 bits per heavy atom. The van der Waals surface area contributed by atoms with E-state index in [4.69, 9.17) is 5.73 Å². The summed E-state index contributed by atoms with van der Waals surface area (Å²) in [6.07, 6.45) is 0.788.